The van der Waals surface area contributed by atoms with Crippen molar-refractivity contribution in [1.29, 1.82) is 0 Å². The minimum absolute atomic E-state index is 0.0782. The second-order valence-electron chi connectivity index (χ2n) is 7.49. The molecule has 1 spiro atoms. The lowest BCUT2D eigenvalue weighted by molar-refractivity contribution is 0.0633. The fraction of sp³-hybridized carbons (Fsp3) is 0.474. The topological polar surface area (TPSA) is 82.2 Å². The van der Waals surface area contributed by atoms with Crippen LogP contribution in [0.1, 0.15) is 40.9 Å². The Morgan fingerprint density at radius 1 is 1.35 bits per heavy atom. The number of aromatic nitrogens is 3. The summed E-state index contributed by atoms with van der Waals surface area (Å²) in [5, 5.41) is 0. The number of carbonyl (C=O) groups is 1. The molecule has 1 aliphatic heterocycles. The first kappa shape index (κ1) is 16.8. The SMILES string of the molecule is CN(C)c1ncc2c(n1)C1(CCCN(C(=O)c3cc[nH]c(=O)c3)C1)CC2. The zero-order chi connectivity index (χ0) is 18.3. The summed E-state index contributed by atoms with van der Waals surface area (Å²) in [6, 6.07) is 3.04. The van der Waals surface area contributed by atoms with Gasteiger partial charge in [0.05, 0.1) is 5.69 Å². The number of anilines is 1. The highest BCUT2D eigenvalue weighted by molar-refractivity contribution is 5.94. The third kappa shape index (κ3) is 2.77. The Balaban J connectivity index is 1.65. The van der Waals surface area contributed by atoms with Gasteiger partial charge in [-0.2, -0.15) is 0 Å². The van der Waals surface area contributed by atoms with E-state index in [2.05, 4.69) is 9.97 Å². The predicted molar refractivity (Wildman–Crippen MR) is 98.6 cm³/mol. The van der Waals surface area contributed by atoms with Crippen LogP contribution < -0.4 is 10.5 Å². The number of piperidine rings is 1. The number of carbonyl (C=O) groups excluding carboxylic acids is 1. The summed E-state index contributed by atoms with van der Waals surface area (Å²) in [4.78, 5) is 40.1. The van der Waals surface area contributed by atoms with E-state index in [9.17, 15) is 9.59 Å². The standard InChI is InChI=1S/C19H23N5O2/c1-23(2)18-21-11-14-4-7-19(16(14)22-18)6-3-9-24(12-19)17(26)13-5-8-20-15(25)10-13/h5,8,10-11H,3-4,6-7,9,12H2,1-2H3,(H,20,25). The minimum atomic E-state index is -0.253. The Labute approximate surface area is 152 Å². The summed E-state index contributed by atoms with van der Waals surface area (Å²) in [5.74, 6) is 0.633. The van der Waals surface area contributed by atoms with Crippen LogP contribution in [0.15, 0.2) is 29.3 Å². The number of amides is 1. The van der Waals surface area contributed by atoms with Gasteiger partial charge in [0.25, 0.3) is 5.91 Å². The predicted octanol–water partition coefficient (Wildman–Crippen LogP) is 1.35. The molecule has 0 aromatic carbocycles. The lowest BCUT2D eigenvalue weighted by Crippen LogP contribution is -2.48. The van der Waals surface area contributed by atoms with Crippen molar-refractivity contribution in [2.24, 2.45) is 0 Å². The molecule has 0 saturated carbocycles. The number of pyridine rings is 1. The summed E-state index contributed by atoms with van der Waals surface area (Å²) < 4.78 is 0. The fourth-order valence-corrected chi connectivity index (χ4v) is 4.21. The zero-order valence-corrected chi connectivity index (χ0v) is 15.2. The first-order chi connectivity index (χ1) is 12.5. The number of aromatic amines is 1. The van der Waals surface area contributed by atoms with Gasteiger partial charge in [-0.15, -0.1) is 0 Å². The number of H-pyrrole nitrogens is 1. The molecule has 0 radical (unpaired) electrons. The van der Waals surface area contributed by atoms with Crippen LogP contribution in [0.25, 0.3) is 0 Å². The smallest absolute Gasteiger partial charge is 0.254 e. The molecule has 26 heavy (non-hydrogen) atoms. The minimum Gasteiger partial charge on any atom is -0.347 e. The van der Waals surface area contributed by atoms with Gasteiger partial charge in [-0.1, -0.05) is 0 Å². The molecule has 2 aromatic heterocycles. The molecule has 1 amide bonds. The van der Waals surface area contributed by atoms with Crippen LogP contribution in [0.2, 0.25) is 0 Å². The normalized spacial score (nSPS) is 21.7. The van der Waals surface area contributed by atoms with Gasteiger partial charge in [0.1, 0.15) is 0 Å². The van der Waals surface area contributed by atoms with E-state index in [0.717, 1.165) is 31.4 Å². The van der Waals surface area contributed by atoms with Gasteiger partial charge < -0.3 is 14.8 Å². The molecule has 1 unspecified atom stereocenters. The maximum Gasteiger partial charge on any atom is 0.254 e. The molecule has 1 saturated heterocycles. The van der Waals surface area contributed by atoms with Crippen molar-refractivity contribution in [2.75, 3.05) is 32.1 Å². The van der Waals surface area contributed by atoms with E-state index in [1.807, 2.05) is 30.1 Å². The Hall–Kier alpha value is -2.70. The summed E-state index contributed by atoms with van der Waals surface area (Å²) in [6.07, 6.45) is 7.38. The zero-order valence-electron chi connectivity index (χ0n) is 15.2. The lowest BCUT2D eigenvalue weighted by Gasteiger charge is -2.40. The molecular formula is C19H23N5O2. The van der Waals surface area contributed by atoms with Crippen molar-refractivity contribution in [2.45, 2.75) is 31.1 Å². The van der Waals surface area contributed by atoms with Gasteiger partial charge in [-0.05, 0) is 37.3 Å². The molecular weight excluding hydrogens is 330 g/mol. The highest BCUT2D eigenvalue weighted by Crippen LogP contribution is 2.44. The van der Waals surface area contributed by atoms with Crippen LogP contribution in [0.3, 0.4) is 0 Å². The molecule has 1 N–H and O–H groups in total. The van der Waals surface area contributed by atoms with Crippen LogP contribution >= 0.6 is 0 Å². The first-order valence-electron chi connectivity index (χ1n) is 9.00. The molecule has 1 aliphatic carbocycles. The number of nitrogens with one attached hydrogen (secondary N) is 1. The van der Waals surface area contributed by atoms with E-state index in [4.69, 9.17) is 4.98 Å². The third-order valence-electron chi connectivity index (χ3n) is 5.51. The molecule has 136 valence electrons. The van der Waals surface area contributed by atoms with E-state index < -0.39 is 0 Å². The maximum absolute atomic E-state index is 12.9. The molecule has 1 atom stereocenters. The monoisotopic (exact) mass is 353 g/mol. The summed E-state index contributed by atoms with van der Waals surface area (Å²) >= 11 is 0. The quantitative estimate of drug-likeness (QED) is 0.881. The van der Waals surface area contributed by atoms with Crippen LogP contribution in [-0.4, -0.2) is 52.9 Å². The van der Waals surface area contributed by atoms with E-state index in [1.54, 1.807) is 6.07 Å². The number of hydrogen-bond donors (Lipinski definition) is 1. The second-order valence-corrected chi connectivity index (χ2v) is 7.49. The van der Waals surface area contributed by atoms with E-state index >= 15 is 0 Å². The number of likely N-dealkylation sites (tertiary alicyclic amines) is 1. The highest BCUT2D eigenvalue weighted by Gasteiger charge is 2.45. The Bertz CT molecular complexity index is 903. The van der Waals surface area contributed by atoms with Crippen LogP contribution in [0, 0.1) is 0 Å². The molecule has 7 heteroatoms. The fourth-order valence-electron chi connectivity index (χ4n) is 4.21. The Morgan fingerprint density at radius 2 is 2.19 bits per heavy atom. The number of fused-ring (bicyclic) bond motifs is 2. The summed E-state index contributed by atoms with van der Waals surface area (Å²) in [6.45, 7) is 1.36. The van der Waals surface area contributed by atoms with Crippen molar-refractivity contribution in [3.05, 3.63) is 51.7 Å². The molecule has 3 heterocycles. The molecule has 1 fully saturated rings. The van der Waals surface area contributed by atoms with Gasteiger partial charge in [0.2, 0.25) is 11.5 Å². The van der Waals surface area contributed by atoms with Gasteiger partial charge in [0.15, 0.2) is 0 Å². The van der Waals surface area contributed by atoms with Crippen LogP contribution in [0.5, 0.6) is 0 Å². The van der Waals surface area contributed by atoms with Crippen LogP contribution in [-0.2, 0) is 11.8 Å². The second kappa shape index (κ2) is 6.23. The van der Waals surface area contributed by atoms with E-state index in [-0.39, 0.29) is 16.9 Å². The highest BCUT2D eigenvalue weighted by atomic mass is 16.2. The van der Waals surface area contributed by atoms with E-state index in [1.165, 1.54) is 17.8 Å². The van der Waals surface area contributed by atoms with Gasteiger partial charge in [-0.3, -0.25) is 9.59 Å². The third-order valence-corrected chi connectivity index (χ3v) is 5.51. The number of rotatable bonds is 2. The molecule has 0 bridgehead atoms. The number of aryl methyl sites for hydroxylation is 1. The summed E-state index contributed by atoms with van der Waals surface area (Å²) in [5.41, 5.74) is 2.39. The van der Waals surface area contributed by atoms with Crippen LogP contribution in [0.4, 0.5) is 5.95 Å². The average Bonchev–Trinajstić information content (AvgIpc) is 2.98. The van der Waals surface area contributed by atoms with Gasteiger partial charge >= 0.3 is 0 Å². The van der Waals surface area contributed by atoms with Gasteiger partial charge in [-0.25, -0.2) is 9.97 Å². The molecule has 4 rings (SSSR count). The van der Waals surface area contributed by atoms with Gasteiger partial charge in [0, 0.05) is 56.6 Å². The van der Waals surface area contributed by atoms with E-state index in [0.29, 0.717) is 24.6 Å². The molecule has 2 aliphatic rings. The Kier molecular flexibility index (Phi) is 4.01. The Morgan fingerprint density at radius 3 is 2.96 bits per heavy atom. The van der Waals surface area contributed by atoms with Crippen molar-refractivity contribution in [3.8, 4) is 0 Å². The average molecular weight is 353 g/mol. The first-order valence-corrected chi connectivity index (χ1v) is 9.00. The molecule has 7 nitrogen and oxygen atoms in total. The van der Waals surface area contributed by atoms with Crippen molar-refractivity contribution in [1.82, 2.24) is 19.9 Å². The van der Waals surface area contributed by atoms with Crippen molar-refractivity contribution < 1.29 is 4.79 Å². The van der Waals surface area contributed by atoms with Crippen molar-refractivity contribution >= 4 is 11.9 Å². The number of hydrogen-bond acceptors (Lipinski definition) is 5. The maximum atomic E-state index is 12.9. The largest absolute Gasteiger partial charge is 0.347 e. The van der Waals surface area contributed by atoms with Crippen molar-refractivity contribution in [3.63, 3.8) is 0 Å². The number of nitrogens with zero attached hydrogens (tertiary/aromatic N) is 4. The molecule has 2 aromatic rings. The lowest BCUT2D eigenvalue weighted by atomic mass is 9.77. The summed E-state index contributed by atoms with van der Waals surface area (Å²) in [7, 11) is 3.87.